The summed E-state index contributed by atoms with van der Waals surface area (Å²) in [4.78, 5) is 15.4. The third kappa shape index (κ3) is 1.83. The second-order valence-corrected chi connectivity index (χ2v) is 3.62. The van der Waals surface area contributed by atoms with Crippen LogP contribution in [-0.2, 0) is 4.74 Å². The molecule has 2 aromatic rings. The lowest BCUT2D eigenvalue weighted by Crippen LogP contribution is -2.00. The highest BCUT2D eigenvalue weighted by Crippen LogP contribution is 2.22. The number of oxazole rings is 1. The second kappa shape index (κ2) is 3.94. The quantitative estimate of drug-likeness (QED) is 0.577. The second-order valence-electron chi connectivity index (χ2n) is 2.86. The SMILES string of the molecule is COC(=O)c1ccc2nc(SC)oc2c1. The molecule has 15 heavy (non-hydrogen) atoms. The molecule has 78 valence electrons. The van der Waals surface area contributed by atoms with Gasteiger partial charge in [0.25, 0.3) is 5.22 Å². The first-order chi connectivity index (χ1) is 7.24. The molecule has 5 heteroatoms. The predicted octanol–water partition coefficient (Wildman–Crippen LogP) is 2.34. The summed E-state index contributed by atoms with van der Waals surface area (Å²) >= 11 is 1.42. The van der Waals surface area contributed by atoms with Gasteiger partial charge in [0.1, 0.15) is 5.52 Å². The summed E-state index contributed by atoms with van der Waals surface area (Å²) in [6, 6.07) is 5.04. The number of hydrogen-bond donors (Lipinski definition) is 0. The Morgan fingerprint density at radius 1 is 1.53 bits per heavy atom. The van der Waals surface area contributed by atoms with Gasteiger partial charge in [0.15, 0.2) is 5.58 Å². The molecular formula is C10H9NO3S. The Labute approximate surface area is 90.6 Å². The van der Waals surface area contributed by atoms with E-state index in [9.17, 15) is 4.79 Å². The lowest BCUT2D eigenvalue weighted by molar-refractivity contribution is 0.0601. The Morgan fingerprint density at radius 3 is 3.00 bits per heavy atom. The van der Waals surface area contributed by atoms with Crippen molar-refractivity contribution < 1.29 is 13.9 Å². The molecule has 0 bridgehead atoms. The number of fused-ring (bicyclic) bond motifs is 1. The number of methoxy groups -OCH3 is 1. The third-order valence-electron chi connectivity index (χ3n) is 1.96. The molecule has 1 heterocycles. The highest BCUT2D eigenvalue weighted by Gasteiger charge is 2.09. The van der Waals surface area contributed by atoms with Crippen molar-refractivity contribution in [2.75, 3.05) is 13.4 Å². The van der Waals surface area contributed by atoms with Crippen LogP contribution in [0.25, 0.3) is 11.1 Å². The fourth-order valence-electron chi connectivity index (χ4n) is 1.24. The average Bonchev–Trinajstić information content (AvgIpc) is 2.69. The van der Waals surface area contributed by atoms with Crippen LogP contribution >= 0.6 is 11.8 Å². The molecule has 0 aliphatic carbocycles. The van der Waals surface area contributed by atoms with Gasteiger partial charge >= 0.3 is 5.97 Å². The molecular weight excluding hydrogens is 214 g/mol. The monoisotopic (exact) mass is 223 g/mol. The minimum absolute atomic E-state index is 0.376. The van der Waals surface area contributed by atoms with Gasteiger partial charge in [-0.15, -0.1) is 0 Å². The van der Waals surface area contributed by atoms with Gasteiger partial charge in [0.05, 0.1) is 12.7 Å². The number of carbonyl (C=O) groups is 1. The highest BCUT2D eigenvalue weighted by atomic mass is 32.2. The van der Waals surface area contributed by atoms with Crippen molar-refractivity contribution >= 4 is 28.8 Å². The standard InChI is InChI=1S/C10H9NO3S/c1-13-9(12)6-3-4-7-8(5-6)14-10(11-7)15-2/h3-5H,1-2H3. The van der Waals surface area contributed by atoms with Crippen LogP contribution in [0.5, 0.6) is 0 Å². The third-order valence-corrected chi connectivity index (χ3v) is 2.49. The van der Waals surface area contributed by atoms with Gasteiger partial charge in [-0.25, -0.2) is 9.78 Å². The van der Waals surface area contributed by atoms with E-state index < -0.39 is 0 Å². The van der Waals surface area contributed by atoms with E-state index in [0.717, 1.165) is 5.52 Å². The lowest BCUT2D eigenvalue weighted by Gasteiger charge is -1.96. The number of ether oxygens (including phenoxy) is 1. The largest absolute Gasteiger partial charge is 0.465 e. The summed E-state index contributed by atoms with van der Waals surface area (Å²) in [5, 5.41) is 0.590. The van der Waals surface area contributed by atoms with Gasteiger partial charge < -0.3 is 9.15 Å². The summed E-state index contributed by atoms with van der Waals surface area (Å²) < 4.78 is 10.0. The molecule has 0 aliphatic heterocycles. The van der Waals surface area contributed by atoms with Crippen molar-refractivity contribution in [1.29, 1.82) is 0 Å². The van der Waals surface area contributed by atoms with Crippen LogP contribution in [0.4, 0.5) is 0 Å². The first-order valence-electron chi connectivity index (χ1n) is 4.27. The van der Waals surface area contributed by atoms with Crippen molar-refractivity contribution in [3.8, 4) is 0 Å². The molecule has 0 radical (unpaired) electrons. The van der Waals surface area contributed by atoms with Crippen LogP contribution < -0.4 is 0 Å². The first-order valence-corrected chi connectivity index (χ1v) is 5.50. The molecule has 2 rings (SSSR count). The zero-order chi connectivity index (χ0) is 10.8. The van der Waals surface area contributed by atoms with Crippen molar-refractivity contribution in [2.45, 2.75) is 5.22 Å². The van der Waals surface area contributed by atoms with Crippen molar-refractivity contribution in [3.05, 3.63) is 23.8 Å². The Bertz CT molecular complexity index is 506. The molecule has 0 saturated carbocycles. The smallest absolute Gasteiger partial charge is 0.337 e. The van der Waals surface area contributed by atoms with E-state index in [4.69, 9.17) is 4.42 Å². The number of carbonyl (C=O) groups excluding carboxylic acids is 1. The van der Waals surface area contributed by atoms with E-state index in [2.05, 4.69) is 9.72 Å². The van der Waals surface area contributed by atoms with Crippen molar-refractivity contribution in [1.82, 2.24) is 4.98 Å². The number of nitrogens with zero attached hydrogens (tertiary/aromatic N) is 1. The average molecular weight is 223 g/mol. The minimum Gasteiger partial charge on any atom is -0.465 e. The Balaban J connectivity index is 2.50. The van der Waals surface area contributed by atoms with E-state index in [1.54, 1.807) is 18.2 Å². The fraction of sp³-hybridized carbons (Fsp3) is 0.200. The summed E-state index contributed by atoms with van der Waals surface area (Å²) in [7, 11) is 1.35. The number of rotatable bonds is 2. The predicted molar refractivity (Wildman–Crippen MR) is 57.1 cm³/mol. The number of aromatic nitrogens is 1. The van der Waals surface area contributed by atoms with Crippen LogP contribution in [-0.4, -0.2) is 24.3 Å². The number of thioether (sulfide) groups is 1. The van der Waals surface area contributed by atoms with Gasteiger partial charge in [-0.3, -0.25) is 0 Å². The van der Waals surface area contributed by atoms with E-state index in [-0.39, 0.29) is 5.97 Å². The molecule has 0 unspecified atom stereocenters. The molecule has 0 aliphatic rings. The van der Waals surface area contributed by atoms with Crippen LogP contribution in [0.3, 0.4) is 0 Å². The van der Waals surface area contributed by atoms with Gasteiger partial charge in [-0.2, -0.15) is 0 Å². The van der Waals surface area contributed by atoms with Crippen LogP contribution in [0.2, 0.25) is 0 Å². The van der Waals surface area contributed by atoms with E-state index >= 15 is 0 Å². The first kappa shape index (κ1) is 10.0. The normalized spacial score (nSPS) is 10.5. The van der Waals surface area contributed by atoms with Gasteiger partial charge in [-0.05, 0) is 24.5 Å². The van der Waals surface area contributed by atoms with Gasteiger partial charge in [0.2, 0.25) is 0 Å². The van der Waals surface area contributed by atoms with Crippen molar-refractivity contribution in [2.24, 2.45) is 0 Å². The zero-order valence-corrected chi connectivity index (χ0v) is 9.13. The van der Waals surface area contributed by atoms with Crippen LogP contribution in [0.15, 0.2) is 27.8 Å². The topological polar surface area (TPSA) is 52.3 Å². The number of benzene rings is 1. The molecule has 0 atom stereocenters. The van der Waals surface area contributed by atoms with Crippen LogP contribution in [0, 0.1) is 0 Å². The van der Waals surface area contributed by atoms with Gasteiger partial charge in [-0.1, -0.05) is 11.8 Å². The maximum Gasteiger partial charge on any atom is 0.337 e. The molecule has 0 spiro atoms. The summed E-state index contributed by atoms with van der Waals surface area (Å²) in [5.74, 6) is -0.376. The van der Waals surface area contributed by atoms with Crippen LogP contribution in [0.1, 0.15) is 10.4 Å². The molecule has 4 nitrogen and oxygen atoms in total. The molecule has 0 N–H and O–H groups in total. The summed E-state index contributed by atoms with van der Waals surface area (Å²) in [5.41, 5.74) is 1.81. The number of esters is 1. The van der Waals surface area contributed by atoms with Gasteiger partial charge in [0, 0.05) is 0 Å². The molecule has 0 amide bonds. The Hall–Kier alpha value is -1.49. The Morgan fingerprint density at radius 2 is 2.33 bits per heavy atom. The maximum absolute atomic E-state index is 11.2. The van der Waals surface area contributed by atoms with E-state index in [0.29, 0.717) is 16.4 Å². The van der Waals surface area contributed by atoms with Crippen molar-refractivity contribution in [3.63, 3.8) is 0 Å². The molecule has 1 aromatic heterocycles. The van der Waals surface area contributed by atoms with E-state index in [1.165, 1.54) is 18.9 Å². The highest BCUT2D eigenvalue weighted by molar-refractivity contribution is 7.98. The molecule has 0 fully saturated rings. The summed E-state index contributed by atoms with van der Waals surface area (Å²) in [6.07, 6.45) is 1.88. The maximum atomic E-state index is 11.2. The molecule has 1 aromatic carbocycles. The molecule has 0 saturated heterocycles. The van der Waals surface area contributed by atoms with E-state index in [1.807, 2.05) is 6.26 Å². The number of hydrogen-bond acceptors (Lipinski definition) is 5. The zero-order valence-electron chi connectivity index (χ0n) is 8.31. The fourth-order valence-corrected chi connectivity index (χ4v) is 1.60. The lowest BCUT2D eigenvalue weighted by atomic mass is 10.2. The Kier molecular flexibility index (Phi) is 2.64. The minimum atomic E-state index is -0.376. The summed E-state index contributed by atoms with van der Waals surface area (Å²) in [6.45, 7) is 0.